The van der Waals surface area contributed by atoms with Crippen LogP contribution in [0.1, 0.15) is 5.76 Å². The van der Waals surface area contributed by atoms with Crippen LogP contribution >= 0.6 is 35.6 Å². The van der Waals surface area contributed by atoms with Crippen LogP contribution in [0.15, 0.2) is 39.9 Å². The molecule has 1 aliphatic rings. The minimum atomic E-state index is -0.532. The number of hydrogen-bond acceptors (Lipinski definition) is 7. The molecule has 24 heavy (non-hydrogen) atoms. The number of thioether (sulfide) groups is 1. The highest BCUT2D eigenvalue weighted by Gasteiger charge is 2.26. The number of nitro benzene ring substituents is 1. The van der Waals surface area contributed by atoms with E-state index in [-0.39, 0.29) is 22.4 Å². The summed E-state index contributed by atoms with van der Waals surface area (Å²) in [6, 6.07) is 7.48. The summed E-state index contributed by atoms with van der Waals surface area (Å²) in [5.74, 6) is 0.684. The summed E-state index contributed by atoms with van der Waals surface area (Å²) < 4.78 is 5.92. The summed E-state index contributed by atoms with van der Waals surface area (Å²) in [5.41, 5.74) is 0.139. The predicted octanol–water partition coefficient (Wildman–Crippen LogP) is 3.70. The molecule has 2 heterocycles. The maximum Gasteiger partial charge on any atom is 0.281 e. The van der Waals surface area contributed by atoms with Crippen LogP contribution in [-0.2, 0) is 4.79 Å². The molecule has 0 spiro atoms. The van der Waals surface area contributed by atoms with Gasteiger partial charge in [-0.2, -0.15) is 10.1 Å². The molecule has 122 valence electrons. The van der Waals surface area contributed by atoms with Crippen molar-refractivity contribution >= 4 is 57.7 Å². The molecule has 7 nitrogen and oxygen atoms in total. The van der Waals surface area contributed by atoms with Gasteiger partial charge in [-0.3, -0.25) is 14.9 Å². The first-order valence-corrected chi connectivity index (χ1v) is 8.31. The lowest BCUT2D eigenvalue weighted by molar-refractivity contribution is -0.384. The molecule has 0 unspecified atom stereocenters. The molecule has 0 N–H and O–H groups in total. The lowest BCUT2D eigenvalue weighted by atomic mass is 10.1. The Labute approximate surface area is 150 Å². The first-order chi connectivity index (χ1) is 11.5. The normalized spacial score (nSPS) is 14.8. The lowest BCUT2D eigenvalue weighted by Gasteiger charge is -2.05. The van der Waals surface area contributed by atoms with Crippen LogP contribution in [0.3, 0.4) is 0 Å². The van der Waals surface area contributed by atoms with Crippen LogP contribution in [0, 0.1) is 10.1 Å². The molecule has 0 atom stereocenters. The van der Waals surface area contributed by atoms with E-state index in [1.807, 2.05) is 0 Å². The van der Waals surface area contributed by atoms with Crippen LogP contribution in [0.5, 0.6) is 0 Å². The number of thiocarbonyl (C=S) groups is 1. The molecule has 2 aromatic rings. The number of benzene rings is 1. The minimum absolute atomic E-state index is 0.160. The average molecular weight is 382 g/mol. The van der Waals surface area contributed by atoms with E-state index in [9.17, 15) is 14.9 Å². The van der Waals surface area contributed by atoms with Gasteiger partial charge in [0.25, 0.3) is 11.6 Å². The standard InChI is InChI=1S/C14H8ClN3O4S2/c15-8-1-3-10(11(5-8)18(20)21)12-4-2-9(22-12)6-16-17-13(19)7-24-14(17)23/h1-6H,7H2/b16-6+. The number of hydrazone groups is 1. The summed E-state index contributed by atoms with van der Waals surface area (Å²) in [4.78, 5) is 22.2. The third-order valence-corrected chi connectivity index (χ3v) is 4.65. The Balaban J connectivity index is 1.88. The highest BCUT2D eigenvalue weighted by Crippen LogP contribution is 2.33. The van der Waals surface area contributed by atoms with E-state index in [1.54, 1.807) is 18.2 Å². The first kappa shape index (κ1) is 16.6. The zero-order chi connectivity index (χ0) is 17.3. The SMILES string of the molecule is O=C1CSC(=S)N1/N=C/c1ccc(-c2ccc(Cl)cc2[N+](=O)[O-])o1. The molecule has 0 saturated carbocycles. The number of nitro groups is 1. The number of nitrogens with zero attached hydrogens (tertiary/aromatic N) is 3. The highest BCUT2D eigenvalue weighted by molar-refractivity contribution is 8.23. The number of furan rings is 1. The van der Waals surface area contributed by atoms with Crippen molar-refractivity contribution in [2.24, 2.45) is 5.10 Å². The van der Waals surface area contributed by atoms with Crippen molar-refractivity contribution in [2.75, 3.05) is 5.75 Å². The van der Waals surface area contributed by atoms with Gasteiger partial charge in [-0.1, -0.05) is 35.6 Å². The summed E-state index contributed by atoms with van der Waals surface area (Å²) >= 11 is 12.0. The van der Waals surface area contributed by atoms with Gasteiger partial charge < -0.3 is 4.42 Å². The Morgan fingerprint density at radius 2 is 2.21 bits per heavy atom. The quantitative estimate of drug-likeness (QED) is 0.347. The molecule has 0 aliphatic carbocycles. The number of amides is 1. The first-order valence-electron chi connectivity index (χ1n) is 6.53. The van der Waals surface area contributed by atoms with Crippen molar-refractivity contribution in [3.63, 3.8) is 0 Å². The van der Waals surface area contributed by atoms with Gasteiger partial charge >= 0.3 is 0 Å². The van der Waals surface area contributed by atoms with Crippen LogP contribution in [0.25, 0.3) is 11.3 Å². The fraction of sp³-hybridized carbons (Fsp3) is 0.0714. The van der Waals surface area contributed by atoms with E-state index >= 15 is 0 Å². The fourth-order valence-electron chi connectivity index (χ4n) is 2.00. The molecule has 0 bridgehead atoms. The van der Waals surface area contributed by atoms with E-state index in [2.05, 4.69) is 5.10 Å². The third-order valence-electron chi connectivity index (χ3n) is 3.08. The van der Waals surface area contributed by atoms with Gasteiger partial charge in [-0.05, 0) is 24.3 Å². The molecular formula is C14H8ClN3O4S2. The Morgan fingerprint density at radius 1 is 1.42 bits per heavy atom. The molecule has 1 aliphatic heterocycles. The largest absolute Gasteiger partial charge is 0.455 e. The van der Waals surface area contributed by atoms with Crippen LogP contribution in [0.4, 0.5) is 5.69 Å². The molecule has 1 aromatic heterocycles. The van der Waals surface area contributed by atoms with E-state index in [0.717, 1.165) is 5.01 Å². The molecule has 1 saturated heterocycles. The number of rotatable bonds is 4. The summed E-state index contributed by atoms with van der Waals surface area (Å²) in [5, 5.41) is 16.5. The van der Waals surface area contributed by atoms with Crippen molar-refractivity contribution in [3.05, 3.63) is 51.2 Å². The maximum absolute atomic E-state index is 11.6. The van der Waals surface area contributed by atoms with Crippen molar-refractivity contribution in [3.8, 4) is 11.3 Å². The van der Waals surface area contributed by atoms with Gasteiger partial charge in [0.2, 0.25) is 0 Å². The lowest BCUT2D eigenvalue weighted by Crippen LogP contribution is -2.22. The second-order valence-electron chi connectivity index (χ2n) is 4.63. The van der Waals surface area contributed by atoms with Crippen molar-refractivity contribution in [2.45, 2.75) is 0 Å². The summed E-state index contributed by atoms with van der Waals surface area (Å²) in [7, 11) is 0. The summed E-state index contributed by atoms with van der Waals surface area (Å²) in [6.45, 7) is 0. The van der Waals surface area contributed by atoms with Crippen LogP contribution < -0.4 is 0 Å². The fourth-order valence-corrected chi connectivity index (χ4v) is 3.14. The Morgan fingerprint density at radius 3 is 2.88 bits per heavy atom. The second kappa shape index (κ2) is 6.71. The van der Waals surface area contributed by atoms with Crippen LogP contribution in [0.2, 0.25) is 5.02 Å². The van der Waals surface area contributed by atoms with Crippen molar-refractivity contribution < 1.29 is 14.1 Å². The topological polar surface area (TPSA) is 89.0 Å². The highest BCUT2D eigenvalue weighted by atomic mass is 35.5. The molecule has 1 fully saturated rings. The molecule has 1 amide bonds. The zero-order valence-electron chi connectivity index (χ0n) is 11.8. The zero-order valence-corrected chi connectivity index (χ0v) is 14.2. The van der Waals surface area contributed by atoms with Gasteiger partial charge in [-0.25, -0.2) is 0 Å². The Bertz CT molecular complexity index is 865. The van der Waals surface area contributed by atoms with Gasteiger partial charge in [0.15, 0.2) is 4.32 Å². The van der Waals surface area contributed by atoms with Crippen LogP contribution in [-0.4, -0.2) is 32.1 Å². The number of carbonyl (C=O) groups excluding carboxylic acids is 1. The van der Waals surface area contributed by atoms with Gasteiger partial charge in [-0.15, -0.1) is 0 Å². The van der Waals surface area contributed by atoms with E-state index in [0.29, 0.717) is 21.4 Å². The maximum atomic E-state index is 11.6. The molecule has 1 aromatic carbocycles. The monoisotopic (exact) mass is 381 g/mol. The van der Waals surface area contributed by atoms with Gasteiger partial charge in [0, 0.05) is 11.1 Å². The Hall–Kier alpha value is -2.23. The second-order valence-corrected chi connectivity index (χ2v) is 6.67. The predicted molar refractivity (Wildman–Crippen MR) is 95.3 cm³/mol. The number of halogens is 1. The van der Waals surface area contributed by atoms with Crippen molar-refractivity contribution in [1.29, 1.82) is 0 Å². The number of carbonyl (C=O) groups is 1. The van der Waals surface area contributed by atoms with E-state index < -0.39 is 4.92 Å². The van der Waals surface area contributed by atoms with Crippen molar-refractivity contribution in [1.82, 2.24) is 5.01 Å². The minimum Gasteiger partial charge on any atom is -0.455 e. The van der Waals surface area contributed by atoms with Gasteiger partial charge in [0.1, 0.15) is 11.5 Å². The molecule has 10 heteroatoms. The number of hydrogen-bond donors (Lipinski definition) is 0. The molecule has 3 rings (SSSR count). The smallest absolute Gasteiger partial charge is 0.281 e. The molecule has 0 radical (unpaired) electrons. The van der Waals surface area contributed by atoms with Gasteiger partial charge in [0.05, 0.1) is 22.5 Å². The molecular weight excluding hydrogens is 374 g/mol. The van der Waals surface area contributed by atoms with E-state index in [4.69, 9.17) is 28.2 Å². The Kier molecular flexibility index (Phi) is 4.65. The van der Waals surface area contributed by atoms with E-state index in [1.165, 1.54) is 30.1 Å². The average Bonchev–Trinajstić information content (AvgIpc) is 3.13. The third kappa shape index (κ3) is 3.32. The summed E-state index contributed by atoms with van der Waals surface area (Å²) in [6.07, 6.45) is 1.33.